The molecule has 38 heavy (non-hydrogen) atoms. The maximum atomic E-state index is 14.0. The standard InChI is InChI=1S/C31H33N3O3S/c1-8-37-30(36)27-19(5)32-31-34(28(27)22-12-10-21(11-13-22)17(2)3)29(35)26(38-31)16-23-20(6)33(7)25-14-9-18(4)15-24(23)25/h9-17,28H,8H2,1-7H3/b26-16-/t28-/m1/s1. The summed E-state index contributed by atoms with van der Waals surface area (Å²) < 4.78 is 9.82. The zero-order chi connectivity index (χ0) is 27.3. The van der Waals surface area contributed by atoms with E-state index in [1.54, 1.807) is 11.5 Å². The minimum absolute atomic E-state index is 0.162. The van der Waals surface area contributed by atoms with Gasteiger partial charge >= 0.3 is 5.97 Å². The van der Waals surface area contributed by atoms with Crippen LogP contribution in [0, 0.1) is 13.8 Å². The summed E-state index contributed by atoms with van der Waals surface area (Å²) in [6.45, 7) is 12.3. The van der Waals surface area contributed by atoms with E-state index in [0.29, 0.717) is 26.5 Å². The van der Waals surface area contributed by atoms with Gasteiger partial charge in [0.15, 0.2) is 4.80 Å². The number of rotatable bonds is 5. The molecule has 6 nitrogen and oxygen atoms in total. The topological polar surface area (TPSA) is 65.6 Å². The van der Waals surface area contributed by atoms with Crippen molar-refractivity contribution in [2.45, 2.75) is 53.5 Å². The van der Waals surface area contributed by atoms with Crippen LogP contribution >= 0.6 is 11.3 Å². The summed E-state index contributed by atoms with van der Waals surface area (Å²) in [5.74, 6) is -0.0678. The van der Waals surface area contributed by atoms with Gasteiger partial charge in [-0.1, -0.05) is 61.1 Å². The number of carbonyl (C=O) groups is 1. The summed E-state index contributed by atoms with van der Waals surface area (Å²) in [6.07, 6.45) is 1.98. The van der Waals surface area contributed by atoms with Gasteiger partial charge in [0, 0.05) is 29.2 Å². The van der Waals surface area contributed by atoms with Crippen LogP contribution in [0.3, 0.4) is 0 Å². The third-order valence-corrected chi connectivity index (χ3v) is 8.39. The fraction of sp³-hybridized carbons (Fsp3) is 0.323. The van der Waals surface area contributed by atoms with Gasteiger partial charge in [-0.05, 0) is 62.9 Å². The monoisotopic (exact) mass is 527 g/mol. The molecule has 0 radical (unpaired) electrons. The predicted molar refractivity (Wildman–Crippen MR) is 153 cm³/mol. The van der Waals surface area contributed by atoms with E-state index in [1.165, 1.54) is 22.5 Å². The highest BCUT2D eigenvalue weighted by atomic mass is 32.1. The van der Waals surface area contributed by atoms with E-state index >= 15 is 0 Å². The van der Waals surface area contributed by atoms with Gasteiger partial charge in [-0.3, -0.25) is 9.36 Å². The van der Waals surface area contributed by atoms with Crippen molar-refractivity contribution < 1.29 is 9.53 Å². The van der Waals surface area contributed by atoms with Crippen LogP contribution in [0.25, 0.3) is 17.0 Å². The lowest BCUT2D eigenvalue weighted by molar-refractivity contribution is -0.139. The molecule has 2 aromatic heterocycles. The molecule has 1 aliphatic rings. The molecular formula is C31H33N3O3S. The number of allylic oxidation sites excluding steroid dienone is 1. The van der Waals surface area contributed by atoms with Gasteiger partial charge in [-0.15, -0.1) is 0 Å². The zero-order valence-corrected chi connectivity index (χ0v) is 23.8. The molecular weight excluding hydrogens is 494 g/mol. The molecule has 0 unspecified atom stereocenters. The molecule has 1 aliphatic heterocycles. The average Bonchev–Trinajstić information content (AvgIpc) is 3.31. The van der Waals surface area contributed by atoms with Crippen molar-refractivity contribution in [1.29, 1.82) is 0 Å². The van der Waals surface area contributed by atoms with Crippen molar-refractivity contribution in [2.24, 2.45) is 12.0 Å². The second-order valence-corrected chi connectivity index (χ2v) is 11.2. The molecule has 0 amide bonds. The van der Waals surface area contributed by atoms with Crippen LogP contribution in [0.5, 0.6) is 0 Å². The number of esters is 1. The number of benzene rings is 2. The number of carbonyl (C=O) groups excluding carboxylic acids is 1. The normalized spacial score (nSPS) is 15.8. The lowest BCUT2D eigenvalue weighted by Gasteiger charge is -2.25. The van der Waals surface area contributed by atoms with Gasteiger partial charge in [-0.25, -0.2) is 9.79 Å². The second-order valence-electron chi connectivity index (χ2n) is 10.2. The molecule has 0 bridgehead atoms. The number of hydrogen-bond donors (Lipinski definition) is 0. The summed E-state index contributed by atoms with van der Waals surface area (Å²) in [5, 5.41) is 1.11. The molecule has 0 N–H and O–H groups in total. The third kappa shape index (κ3) is 4.25. The van der Waals surface area contributed by atoms with Crippen LogP contribution in [-0.2, 0) is 16.6 Å². The second kappa shape index (κ2) is 9.87. The van der Waals surface area contributed by atoms with Crippen molar-refractivity contribution in [2.75, 3.05) is 6.61 Å². The first kappa shape index (κ1) is 25.9. The largest absolute Gasteiger partial charge is 0.463 e. The van der Waals surface area contributed by atoms with Crippen LogP contribution in [0.2, 0.25) is 0 Å². The Morgan fingerprint density at radius 1 is 1.13 bits per heavy atom. The molecule has 196 valence electrons. The Morgan fingerprint density at radius 2 is 1.84 bits per heavy atom. The minimum Gasteiger partial charge on any atom is -0.463 e. The zero-order valence-electron chi connectivity index (χ0n) is 23.0. The number of hydrogen-bond acceptors (Lipinski definition) is 5. The number of fused-ring (bicyclic) bond motifs is 2. The highest BCUT2D eigenvalue weighted by Crippen LogP contribution is 2.32. The molecule has 5 rings (SSSR count). The highest BCUT2D eigenvalue weighted by molar-refractivity contribution is 7.07. The molecule has 3 heterocycles. The Labute approximate surface area is 226 Å². The molecule has 2 aromatic carbocycles. The smallest absolute Gasteiger partial charge is 0.338 e. The molecule has 7 heteroatoms. The summed E-state index contributed by atoms with van der Waals surface area (Å²) in [6, 6.07) is 13.9. The number of aryl methyl sites for hydroxylation is 2. The number of aromatic nitrogens is 2. The maximum absolute atomic E-state index is 14.0. The van der Waals surface area contributed by atoms with Crippen molar-refractivity contribution in [3.8, 4) is 0 Å². The van der Waals surface area contributed by atoms with E-state index in [4.69, 9.17) is 9.73 Å². The van der Waals surface area contributed by atoms with Gasteiger partial charge in [0.05, 0.1) is 28.5 Å². The minimum atomic E-state index is -0.607. The van der Waals surface area contributed by atoms with Gasteiger partial charge in [-0.2, -0.15) is 0 Å². The first-order valence-electron chi connectivity index (χ1n) is 13.0. The van der Waals surface area contributed by atoms with Gasteiger partial charge in [0.25, 0.3) is 5.56 Å². The summed E-state index contributed by atoms with van der Waals surface area (Å²) in [4.78, 5) is 32.5. The van der Waals surface area contributed by atoms with Crippen LogP contribution < -0.4 is 14.9 Å². The van der Waals surface area contributed by atoms with Gasteiger partial charge in [0.2, 0.25) is 0 Å². The Balaban J connectivity index is 1.76. The quantitative estimate of drug-likeness (QED) is 0.342. The van der Waals surface area contributed by atoms with Crippen LogP contribution in [0.15, 0.2) is 63.5 Å². The Morgan fingerprint density at radius 3 is 2.50 bits per heavy atom. The summed E-state index contributed by atoms with van der Waals surface area (Å²) in [5.41, 5.74) is 7.26. The Bertz CT molecular complexity index is 1780. The molecule has 0 saturated carbocycles. The van der Waals surface area contributed by atoms with Crippen molar-refractivity contribution in [3.63, 3.8) is 0 Å². The molecule has 0 saturated heterocycles. The first-order valence-corrected chi connectivity index (χ1v) is 13.8. The van der Waals surface area contributed by atoms with Crippen LogP contribution in [-0.4, -0.2) is 21.7 Å². The van der Waals surface area contributed by atoms with E-state index in [1.807, 2.05) is 32.2 Å². The van der Waals surface area contributed by atoms with E-state index in [-0.39, 0.29) is 12.2 Å². The van der Waals surface area contributed by atoms with E-state index in [0.717, 1.165) is 27.7 Å². The van der Waals surface area contributed by atoms with Crippen LogP contribution in [0.4, 0.5) is 0 Å². The number of thiazole rings is 1. The third-order valence-electron chi connectivity index (χ3n) is 7.41. The fourth-order valence-electron chi connectivity index (χ4n) is 5.20. The molecule has 0 spiro atoms. The molecule has 0 fully saturated rings. The first-order chi connectivity index (χ1) is 18.1. The lowest BCUT2D eigenvalue weighted by Crippen LogP contribution is -2.40. The van der Waals surface area contributed by atoms with Gasteiger partial charge in [0.1, 0.15) is 0 Å². The predicted octanol–water partition coefficient (Wildman–Crippen LogP) is 5.03. The Kier molecular flexibility index (Phi) is 6.73. The molecule has 1 atom stereocenters. The van der Waals surface area contributed by atoms with Crippen molar-refractivity contribution in [3.05, 3.63) is 101 Å². The number of ether oxygens (including phenoxy) is 1. The summed E-state index contributed by atoms with van der Waals surface area (Å²) >= 11 is 1.36. The molecule has 4 aromatic rings. The summed E-state index contributed by atoms with van der Waals surface area (Å²) in [7, 11) is 2.04. The van der Waals surface area contributed by atoms with Gasteiger partial charge < -0.3 is 9.30 Å². The SMILES string of the molecule is CCOC(=O)C1=C(C)N=c2s/c(=C\c3c(C)n(C)c4ccc(C)cc34)c(=O)n2[C@@H]1c1ccc(C(C)C)cc1. The van der Waals surface area contributed by atoms with E-state index in [2.05, 4.69) is 62.6 Å². The fourth-order valence-corrected chi connectivity index (χ4v) is 6.23. The average molecular weight is 528 g/mol. The molecule has 0 aliphatic carbocycles. The maximum Gasteiger partial charge on any atom is 0.338 e. The number of nitrogens with zero attached hydrogens (tertiary/aromatic N) is 3. The van der Waals surface area contributed by atoms with Crippen LogP contribution in [0.1, 0.15) is 67.6 Å². The lowest BCUT2D eigenvalue weighted by atomic mass is 9.93. The van der Waals surface area contributed by atoms with E-state index < -0.39 is 12.0 Å². The Hall–Kier alpha value is -3.71. The van der Waals surface area contributed by atoms with Crippen molar-refractivity contribution in [1.82, 2.24) is 9.13 Å². The van der Waals surface area contributed by atoms with E-state index in [9.17, 15) is 9.59 Å². The van der Waals surface area contributed by atoms with Crippen molar-refractivity contribution >= 4 is 34.3 Å². The highest BCUT2D eigenvalue weighted by Gasteiger charge is 2.33.